The molecule has 3 N–H and O–H groups in total. The molecule has 4 rings (SSSR count). The van der Waals surface area contributed by atoms with Gasteiger partial charge in [-0.1, -0.05) is 42.5 Å². The molecule has 0 radical (unpaired) electrons. The van der Waals surface area contributed by atoms with Crippen molar-refractivity contribution >= 4 is 35.1 Å². The molecule has 0 fully saturated rings. The molecule has 0 unspecified atom stereocenters. The molecule has 4 aromatic rings. The molecule has 1 aromatic heterocycles. The number of carbonyl (C=O) groups is 4. The van der Waals surface area contributed by atoms with Crippen LogP contribution in [0.2, 0.25) is 0 Å². The molecule has 0 saturated carbocycles. The predicted molar refractivity (Wildman–Crippen MR) is 127 cm³/mol. The van der Waals surface area contributed by atoms with Crippen LogP contribution >= 0.6 is 0 Å². The van der Waals surface area contributed by atoms with Crippen molar-refractivity contribution in [1.29, 1.82) is 0 Å². The maximum atomic E-state index is 12.3. The smallest absolute Gasteiger partial charge is 0.339 e. The molecular weight excluding hydrogens is 452 g/mol. The fourth-order valence-electron chi connectivity index (χ4n) is 3.44. The molecule has 0 atom stereocenters. The fourth-order valence-corrected chi connectivity index (χ4v) is 3.44. The minimum Gasteiger partial charge on any atom is -0.478 e. The Labute approximate surface area is 200 Å². The van der Waals surface area contributed by atoms with Crippen LogP contribution in [0.25, 0.3) is 10.9 Å². The molecule has 35 heavy (non-hydrogen) atoms. The van der Waals surface area contributed by atoms with Crippen LogP contribution in [-0.2, 0) is 22.6 Å². The Morgan fingerprint density at radius 3 is 2.09 bits per heavy atom. The molecule has 0 aliphatic carbocycles. The van der Waals surface area contributed by atoms with Gasteiger partial charge in [0.05, 0.1) is 27.9 Å². The van der Waals surface area contributed by atoms with Gasteiger partial charge >= 0.3 is 17.9 Å². The summed E-state index contributed by atoms with van der Waals surface area (Å²) in [5.41, 5.74) is 2.94. The first-order valence-corrected chi connectivity index (χ1v) is 10.5. The van der Waals surface area contributed by atoms with Gasteiger partial charge in [0.25, 0.3) is 0 Å². The van der Waals surface area contributed by atoms with Crippen molar-refractivity contribution in [3.8, 4) is 0 Å². The molecule has 9 nitrogen and oxygen atoms in total. The van der Waals surface area contributed by atoms with E-state index in [0.29, 0.717) is 22.2 Å². The Hall–Kier alpha value is -4.79. The van der Waals surface area contributed by atoms with Crippen molar-refractivity contribution in [2.24, 2.45) is 0 Å². The van der Waals surface area contributed by atoms with Crippen LogP contribution in [-0.4, -0.2) is 44.6 Å². The first kappa shape index (κ1) is 24.8. The van der Waals surface area contributed by atoms with Crippen molar-refractivity contribution in [3.05, 3.63) is 100 Å². The van der Waals surface area contributed by atoms with Crippen LogP contribution in [0.15, 0.2) is 66.7 Å². The first-order valence-electron chi connectivity index (χ1n) is 10.5. The van der Waals surface area contributed by atoms with E-state index < -0.39 is 17.9 Å². The predicted octanol–water partition coefficient (Wildman–Crippen LogP) is 4.05. The van der Waals surface area contributed by atoms with Gasteiger partial charge in [-0.25, -0.2) is 14.4 Å². The zero-order valence-corrected chi connectivity index (χ0v) is 18.7. The molecule has 1 heterocycles. The highest BCUT2D eigenvalue weighted by atomic mass is 16.5. The van der Waals surface area contributed by atoms with E-state index in [-0.39, 0.29) is 29.7 Å². The lowest BCUT2D eigenvalue weighted by atomic mass is 10.0. The summed E-state index contributed by atoms with van der Waals surface area (Å²) in [5, 5.41) is 24.9. The van der Waals surface area contributed by atoms with E-state index in [1.165, 1.54) is 25.1 Å². The highest BCUT2D eigenvalue weighted by Gasteiger charge is 2.17. The Kier molecular flexibility index (Phi) is 8.07. The number of nitrogens with one attached hydrogen (secondary N) is 1. The second-order valence-corrected chi connectivity index (χ2v) is 7.42. The number of hydrogen-bond donors (Lipinski definition) is 3. The second kappa shape index (κ2) is 11.4. The summed E-state index contributed by atoms with van der Waals surface area (Å²) >= 11 is 0. The van der Waals surface area contributed by atoms with Crippen molar-refractivity contribution in [2.45, 2.75) is 20.0 Å². The van der Waals surface area contributed by atoms with Gasteiger partial charge in [0.15, 0.2) is 0 Å². The molecule has 0 spiro atoms. The fraction of sp³-hybridized carbons (Fsp3) is 0.115. The highest BCUT2D eigenvalue weighted by molar-refractivity contribution is 6.05. The summed E-state index contributed by atoms with van der Waals surface area (Å²) in [6.45, 7) is 1.68. The lowest BCUT2D eigenvalue weighted by molar-refractivity contribution is -0.107. The quantitative estimate of drug-likeness (QED) is 0.268. The van der Waals surface area contributed by atoms with Crippen LogP contribution in [0.3, 0.4) is 0 Å². The average molecular weight is 474 g/mol. The maximum Gasteiger partial charge on any atom is 0.339 e. The van der Waals surface area contributed by atoms with Crippen molar-refractivity contribution in [1.82, 2.24) is 10.2 Å². The summed E-state index contributed by atoms with van der Waals surface area (Å²) in [6, 6.07) is 18.9. The molecule has 0 amide bonds. The second-order valence-electron chi connectivity index (χ2n) is 7.42. The van der Waals surface area contributed by atoms with Gasteiger partial charge in [-0.2, -0.15) is 5.10 Å². The van der Waals surface area contributed by atoms with Gasteiger partial charge in [0, 0.05) is 11.8 Å². The minimum absolute atomic E-state index is 0.0277. The maximum absolute atomic E-state index is 12.3. The number of carboxylic acid groups (broad SMARTS) is 2. The number of ether oxygens (including phenoxy) is 1. The first-order chi connectivity index (χ1) is 16.8. The molecule has 178 valence electrons. The molecule has 0 bridgehead atoms. The Morgan fingerprint density at radius 2 is 1.49 bits per heavy atom. The normalized spacial score (nSPS) is 10.2. The van der Waals surface area contributed by atoms with Gasteiger partial charge in [0.2, 0.25) is 0 Å². The summed E-state index contributed by atoms with van der Waals surface area (Å²) in [6.07, 6.45) is 0.921. The number of aldehydes is 1. The monoisotopic (exact) mass is 474 g/mol. The SMILES string of the molecule is Cc1c(C(=O)O)cccc1C(=O)O.O=CCc1n[nH]c2cccc(C(=O)OCc3ccccc3)c12. The number of aromatic amines is 1. The van der Waals surface area contributed by atoms with E-state index in [1.54, 1.807) is 12.1 Å². The number of rotatable bonds is 7. The summed E-state index contributed by atoms with van der Waals surface area (Å²) in [4.78, 5) is 44.3. The number of carbonyl (C=O) groups excluding carboxylic acids is 2. The van der Waals surface area contributed by atoms with Crippen LogP contribution in [0.4, 0.5) is 0 Å². The third kappa shape index (κ3) is 5.97. The van der Waals surface area contributed by atoms with E-state index in [9.17, 15) is 19.2 Å². The molecular formula is C26H22N2O7. The third-order valence-electron chi connectivity index (χ3n) is 5.17. The Morgan fingerprint density at radius 1 is 0.886 bits per heavy atom. The van der Waals surface area contributed by atoms with E-state index in [1.807, 2.05) is 36.4 Å². The number of carboxylic acids is 2. The minimum atomic E-state index is -1.11. The molecule has 3 aromatic carbocycles. The van der Waals surface area contributed by atoms with Crippen LogP contribution in [0.1, 0.15) is 47.9 Å². The number of fused-ring (bicyclic) bond motifs is 1. The van der Waals surface area contributed by atoms with Gasteiger partial charge in [-0.15, -0.1) is 0 Å². The van der Waals surface area contributed by atoms with Gasteiger partial charge in [0.1, 0.15) is 12.9 Å². The third-order valence-corrected chi connectivity index (χ3v) is 5.17. The van der Waals surface area contributed by atoms with E-state index in [2.05, 4.69) is 10.2 Å². The zero-order chi connectivity index (χ0) is 25.4. The lowest BCUT2D eigenvalue weighted by Gasteiger charge is -2.06. The van der Waals surface area contributed by atoms with Gasteiger partial charge in [-0.05, 0) is 42.3 Å². The number of aromatic nitrogens is 2. The zero-order valence-electron chi connectivity index (χ0n) is 18.7. The van der Waals surface area contributed by atoms with E-state index in [4.69, 9.17) is 14.9 Å². The number of nitrogens with zero attached hydrogens (tertiary/aromatic N) is 1. The summed E-state index contributed by atoms with van der Waals surface area (Å²) in [7, 11) is 0. The van der Waals surface area contributed by atoms with E-state index in [0.717, 1.165) is 11.8 Å². The van der Waals surface area contributed by atoms with Crippen molar-refractivity contribution < 1.29 is 34.1 Å². The molecule has 9 heteroatoms. The van der Waals surface area contributed by atoms with Crippen LogP contribution < -0.4 is 0 Å². The number of benzene rings is 3. The summed E-state index contributed by atoms with van der Waals surface area (Å²) < 4.78 is 5.36. The molecule has 0 aliphatic rings. The Bertz CT molecular complexity index is 1340. The molecule has 0 aliphatic heterocycles. The van der Waals surface area contributed by atoms with Crippen LogP contribution in [0.5, 0.6) is 0 Å². The average Bonchev–Trinajstić information content (AvgIpc) is 3.26. The highest BCUT2D eigenvalue weighted by Crippen LogP contribution is 2.22. The van der Waals surface area contributed by atoms with Gasteiger partial charge < -0.3 is 19.7 Å². The number of hydrogen-bond acceptors (Lipinski definition) is 6. The number of esters is 1. The number of H-pyrrole nitrogens is 1. The summed E-state index contributed by atoms with van der Waals surface area (Å²) in [5.74, 6) is -2.65. The molecule has 0 saturated heterocycles. The largest absolute Gasteiger partial charge is 0.478 e. The van der Waals surface area contributed by atoms with Gasteiger partial charge in [-0.3, -0.25) is 5.10 Å². The van der Waals surface area contributed by atoms with Crippen LogP contribution in [0, 0.1) is 6.92 Å². The van der Waals surface area contributed by atoms with Crippen molar-refractivity contribution in [2.75, 3.05) is 0 Å². The standard InChI is InChI=1S/C17H14N2O3.C9H8O4/c20-10-9-15-16-13(7-4-8-14(16)18-19-15)17(21)22-11-12-5-2-1-3-6-12;1-5-6(8(10)11)3-2-4-7(5)9(12)13/h1-8,10H,9,11H2,(H,18,19);2-4H,1H3,(H,10,11)(H,12,13). The van der Waals surface area contributed by atoms with Crippen molar-refractivity contribution in [3.63, 3.8) is 0 Å². The topological polar surface area (TPSA) is 147 Å². The Balaban J connectivity index is 0.000000225. The number of aromatic carboxylic acids is 2. The van der Waals surface area contributed by atoms with E-state index >= 15 is 0 Å². The lowest BCUT2D eigenvalue weighted by Crippen LogP contribution is -2.06.